The minimum absolute atomic E-state index is 0.143. The molecule has 2 aliphatic rings. The normalized spacial score (nSPS) is 18.7. The van der Waals surface area contributed by atoms with Crippen LogP contribution in [0, 0.1) is 13.8 Å². The molecule has 4 aromatic rings. The van der Waals surface area contributed by atoms with Crippen LogP contribution in [0.4, 0.5) is 13.2 Å². The number of aryl methyl sites for hydroxylation is 2. The molecule has 1 spiro atoms. The van der Waals surface area contributed by atoms with Crippen molar-refractivity contribution in [2.75, 3.05) is 0 Å². The molecule has 6 heterocycles. The van der Waals surface area contributed by atoms with Crippen LogP contribution >= 0.6 is 0 Å². The van der Waals surface area contributed by atoms with Gasteiger partial charge in [0.2, 0.25) is 11.5 Å². The molecule has 144 valence electrons. The van der Waals surface area contributed by atoms with E-state index in [2.05, 4.69) is 15.2 Å². The van der Waals surface area contributed by atoms with Crippen molar-refractivity contribution in [2.24, 2.45) is 0 Å². The first kappa shape index (κ1) is 16.4. The van der Waals surface area contributed by atoms with E-state index in [-0.39, 0.29) is 5.82 Å². The molecule has 0 N–H and O–H groups in total. The third kappa shape index (κ3) is 1.81. The summed E-state index contributed by atoms with van der Waals surface area (Å²) in [5, 5.41) is 8.56. The number of halogens is 3. The van der Waals surface area contributed by atoms with E-state index in [0.29, 0.717) is 5.69 Å². The lowest BCUT2D eigenvalue weighted by atomic mass is 10.2. The van der Waals surface area contributed by atoms with E-state index in [0.717, 1.165) is 22.6 Å². The van der Waals surface area contributed by atoms with Crippen molar-refractivity contribution < 1.29 is 22.3 Å². The quantitative estimate of drug-likeness (QED) is 0.368. The summed E-state index contributed by atoms with van der Waals surface area (Å²) in [6.07, 6.45) is -0.997. The van der Waals surface area contributed by atoms with Gasteiger partial charge in [-0.2, -0.15) is 23.3 Å². The minimum atomic E-state index is -4.65. The largest absolute Gasteiger partial charge is 0.584 e. The van der Waals surface area contributed by atoms with Gasteiger partial charge in [-0.3, -0.25) is 0 Å². The molecule has 0 radical (unpaired) electrons. The van der Waals surface area contributed by atoms with Gasteiger partial charge in [0, 0.05) is 24.3 Å². The number of pyridine rings is 2. The molecule has 0 bridgehead atoms. The maximum Gasteiger partial charge on any atom is 0.584 e. The summed E-state index contributed by atoms with van der Waals surface area (Å²) in [7, 11) is 0. The van der Waals surface area contributed by atoms with Crippen LogP contribution in [0.25, 0.3) is 22.9 Å². The maximum atomic E-state index is 13.5. The molecule has 0 saturated heterocycles. The van der Waals surface area contributed by atoms with Crippen LogP contribution in [0.5, 0.6) is 0 Å². The van der Waals surface area contributed by atoms with Crippen molar-refractivity contribution in [1.29, 1.82) is 0 Å². The third-order valence-corrected chi connectivity index (χ3v) is 5.37. The lowest BCUT2D eigenvalue weighted by molar-refractivity contribution is -0.990. The number of alkyl halides is 3. The molecule has 2 aliphatic heterocycles. The molecular weight excluding hydrogens is 383 g/mol. The molecule has 0 fully saturated rings. The topological polar surface area (TPSA) is 56.3 Å². The summed E-state index contributed by atoms with van der Waals surface area (Å²) >= 11 is 0. The second kappa shape index (κ2) is 4.88. The van der Waals surface area contributed by atoms with E-state index in [1.807, 2.05) is 71.8 Å². The highest BCUT2D eigenvalue weighted by molar-refractivity contribution is 5.56. The summed E-state index contributed by atoms with van der Waals surface area (Å²) in [5.74, 6) is -2.32. The van der Waals surface area contributed by atoms with Crippen molar-refractivity contribution in [3.63, 3.8) is 0 Å². The summed E-state index contributed by atoms with van der Waals surface area (Å²) in [5.41, 5.74) is 3.82. The molecule has 1 atom stereocenters. The van der Waals surface area contributed by atoms with Crippen LogP contribution in [0.1, 0.15) is 17.1 Å². The Labute approximate surface area is 162 Å². The van der Waals surface area contributed by atoms with E-state index in [1.165, 1.54) is 4.68 Å². The summed E-state index contributed by atoms with van der Waals surface area (Å²) in [6.45, 7) is 3.74. The van der Waals surface area contributed by atoms with Crippen LogP contribution in [-0.2, 0) is 12.1 Å². The van der Waals surface area contributed by atoms with Gasteiger partial charge in [0.05, 0.1) is 5.69 Å². The van der Waals surface area contributed by atoms with Crippen LogP contribution in [-0.4, -0.2) is 24.5 Å². The highest BCUT2D eigenvalue weighted by Gasteiger charge is 2.70. The molecule has 6 rings (SSSR count). The molecule has 1 unspecified atom stereocenters. The minimum Gasteiger partial charge on any atom is -0.197 e. The van der Waals surface area contributed by atoms with Crippen LogP contribution in [0.2, 0.25) is 0 Å². The lowest BCUT2D eigenvalue weighted by Crippen LogP contribution is -2.77. The van der Waals surface area contributed by atoms with Gasteiger partial charge >= 0.3 is 12.1 Å². The Morgan fingerprint density at radius 2 is 1.72 bits per heavy atom. The van der Waals surface area contributed by atoms with Crippen LogP contribution in [0.15, 0.2) is 48.8 Å². The van der Waals surface area contributed by atoms with Crippen molar-refractivity contribution in [3.8, 4) is 22.9 Å². The number of nitrogens with zero attached hydrogens (tertiary/aromatic N) is 7. The number of fused-ring (bicyclic) bond motifs is 10. The molecule has 0 aliphatic carbocycles. The fourth-order valence-corrected chi connectivity index (χ4v) is 4.28. The smallest absolute Gasteiger partial charge is 0.197 e. The van der Waals surface area contributed by atoms with Gasteiger partial charge in [-0.05, 0) is 31.5 Å². The maximum absolute atomic E-state index is 13.5. The zero-order valence-corrected chi connectivity index (χ0v) is 15.4. The van der Waals surface area contributed by atoms with Gasteiger partial charge < -0.3 is 0 Å². The van der Waals surface area contributed by atoms with Gasteiger partial charge in [-0.15, -0.1) is 9.78 Å². The van der Waals surface area contributed by atoms with E-state index < -0.39 is 17.9 Å². The second-order valence-corrected chi connectivity index (χ2v) is 7.27. The van der Waals surface area contributed by atoms with E-state index in [4.69, 9.17) is 0 Å². The summed E-state index contributed by atoms with van der Waals surface area (Å²) in [6, 6.07) is 11.3. The van der Waals surface area contributed by atoms with E-state index >= 15 is 0 Å². The van der Waals surface area contributed by atoms with Crippen LogP contribution < -0.4 is 9.13 Å². The molecule has 0 amide bonds. The standard InChI is InChI=1S/C19H14F3N7/c1-11-6-8-27-15(9-11)16-23-17(18(20,21)22)25-29(16)19(27)26-7-4-3-5-13(26)14-10-12(2)24-28(14)19/h3-10H,1-2H3/q+2. The zero-order valence-electron chi connectivity index (χ0n) is 15.4. The molecular formula is C19H14F3N7+2. The van der Waals surface area contributed by atoms with Gasteiger partial charge in [0.25, 0.3) is 11.5 Å². The van der Waals surface area contributed by atoms with E-state index in [1.54, 1.807) is 4.68 Å². The highest BCUT2D eigenvalue weighted by atomic mass is 19.4. The Balaban J connectivity index is 1.81. The Morgan fingerprint density at radius 1 is 0.931 bits per heavy atom. The number of hydrogen-bond acceptors (Lipinski definition) is 3. The third-order valence-electron chi connectivity index (χ3n) is 5.37. The Kier molecular flexibility index (Phi) is 2.76. The Bertz CT molecular complexity index is 1330. The van der Waals surface area contributed by atoms with E-state index in [9.17, 15) is 13.2 Å². The predicted octanol–water partition coefficient (Wildman–Crippen LogP) is 1.86. The van der Waals surface area contributed by atoms with Gasteiger partial charge in [0.1, 0.15) is 5.69 Å². The first-order chi connectivity index (χ1) is 13.8. The lowest BCUT2D eigenvalue weighted by Gasteiger charge is -2.15. The van der Waals surface area contributed by atoms with Crippen molar-refractivity contribution in [3.05, 3.63) is 65.9 Å². The second-order valence-electron chi connectivity index (χ2n) is 7.27. The summed E-state index contributed by atoms with van der Waals surface area (Å²) in [4.78, 5) is 3.87. The fraction of sp³-hybridized carbons (Fsp3) is 0.211. The van der Waals surface area contributed by atoms with Crippen molar-refractivity contribution in [2.45, 2.75) is 25.9 Å². The first-order valence-electron chi connectivity index (χ1n) is 8.98. The average molecular weight is 397 g/mol. The first-order valence-corrected chi connectivity index (χ1v) is 8.98. The number of rotatable bonds is 0. The van der Waals surface area contributed by atoms with Gasteiger partial charge in [0.15, 0.2) is 12.4 Å². The Hall–Kier alpha value is -3.56. The number of hydrogen-bond donors (Lipinski definition) is 0. The zero-order chi connectivity index (χ0) is 20.1. The average Bonchev–Trinajstić information content (AvgIpc) is 3.37. The highest BCUT2D eigenvalue weighted by Crippen LogP contribution is 2.38. The molecule has 7 nitrogen and oxygen atoms in total. The van der Waals surface area contributed by atoms with Crippen molar-refractivity contribution in [1.82, 2.24) is 24.5 Å². The van der Waals surface area contributed by atoms with Crippen molar-refractivity contribution >= 4 is 0 Å². The van der Waals surface area contributed by atoms with Crippen LogP contribution in [0.3, 0.4) is 0 Å². The van der Waals surface area contributed by atoms with Gasteiger partial charge in [-0.25, -0.2) is 0 Å². The fourth-order valence-electron chi connectivity index (χ4n) is 4.28. The molecule has 4 aromatic heterocycles. The molecule has 0 aromatic carbocycles. The summed E-state index contributed by atoms with van der Waals surface area (Å²) < 4.78 is 47.2. The molecule has 10 heteroatoms. The SMILES string of the molecule is Cc1cc[n+]2c(c1)-c1nc(C(F)(F)F)nn1C21n2nc(C)cc2-c2cccc[n+]21. The predicted molar refractivity (Wildman–Crippen MR) is 92.2 cm³/mol. The number of aromatic nitrogens is 7. The molecule has 0 saturated carbocycles. The Morgan fingerprint density at radius 3 is 2.52 bits per heavy atom. The van der Waals surface area contributed by atoms with Gasteiger partial charge in [-0.1, -0.05) is 13.8 Å². The molecule has 29 heavy (non-hydrogen) atoms. The monoisotopic (exact) mass is 397 g/mol.